The van der Waals surface area contributed by atoms with Crippen molar-refractivity contribution in [2.75, 3.05) is 20.1 Å². The molecule has 2 heterocycles. The highest BCUT2D eigenvalue weighted by Crippen LogP contribution is 2.29. The van der Waals surface area contributed by atoms with E-state index in [1.807, 2.05) is 47.7 Å². The number of nitrogens with zero attached hydrogens (tertiary/aromatic N) is 4. The molecular weight excluding hydrogens is 391 g/mol. The monoisotopic (exact) mass is 420 g/mol. The summed E-state index contributed by atoms with van der Waals surface area (Å²) < 4.78 is 15.7. The SMILES string of the molecule is Cc1nc2ccc(F)cc2n1Cc1ccc(C(=O)N(C)C2CCN(C3CCC3)C2)cc1. The summed E-state index contributed by atoms with van der Waals surface area (Å²) in [6.45, 7) is 4.62. The molecule has 5 rings (SSSR count). The second-order valence-electron chi connectivity index (χ2n) is 9.01. The van der Waals surface area contributed by atoms with Crippen LogP contribution in [0.3, 0.4) is 0 Å². The van der Waals surface area contributed by atoms with Crippen molar-refractivity contribution < 1.29 is 9.18 Å². The molecule has 2 aliphatic rings. The molecule has 1 atom stereocenters. The van der Waals surface area contributed by atoms with Gasteiger partial charge in [-0.1, -0.05) is 18.6 Å². The second kappa shape index (κ2) is 8.08. The first-order chi connectivity index (χ1) is 15.0. The lowest BCUT2D eigenvalue weighted by atomic mass is 9.92. The van der Waals surface area contributed by atoms with E-state index in [0.29, 0.717) is 18.2 Å². The molecular formula is C25H29FN4O. The van der Waals surface area contributed by atoms with Gasteiger partial charge in [0, 0.05) is 44.3 Å². The van der Waals surface area contributed by atoms with E-state index in [0.717, 1.165) is 48.0 Å². The Morgan fingerprint density at radius 1 is 1.16 bits per heavy atom. The molecule has 31 heavy (non-hydrogen) atoms. The number of halogens is 1. The molecule has 2 fully saturated rings. The molecule has 1 aromatic heterocycles. The number of aromatic nitrogens is 2. The van der Waals surface area contributed by atoms with Crippen LogP contribution in [0.5, 0.6) is 0 Å². The summed E-state index contributed by atoms with van der Waals surface area (Å²) in [7, 11) is 1.93. The smallest absolute Gasteiger partial charge is 0.253 e. The van der Waals surface area contributed by atoms with E-state index in [1.165, 1.54) is 31.4 Å². The fourth-order valence-corrected chi connectivity index (χ4v) is 4.89. The molecule has 162 valence electrons. The maximum Gasteiger partial charge on any atom is 0.253 e. The maximum atomic E-state index is 13.7. The molecule has 3 aromatic rings. The number of carbonyl (C=O) groups is 1. The molecule has 0 bridgehead atoms. The fraction of sp³-hybridized carbons (Fsp3) is 0.440. The zero-order valence-corrected chi connectivity index (χ0v) is 18.2. The summed E-state index contributed by atoms with van der Waals surface area (Å²) in [5.74, 6) is 0.663. The lowest BCUT2D eigenvalue weighted by Crippen LogP contribution is -2.43. The zero-order chi connectivity index (χ0) is 21.5. The van der Waals surface area contributed by atoms with Gasteiger partial charge in [0.05, 0.1) is 11.0 Å². The Morgan fingerprint density at radius 2 is 1.94 bits per heavy atom. The Bertz CT molecular complexity index is 1100. The average molecular weight is 421 g/mol. The fourth-order valence-electron chi connectivity index (χ4n) is 4.89. The Morgan fingerprint density at radius 3 is 2.65 bits per heavy atom. The van der Waals surface area contributed by atoms with E-state index in [4.69, 9.17) is 0 Å². The number of aryl methyl sites for hydroxylation is 1. The van der Waals surface area contributed by atoms with Crippen LogP contribution in [0.25, 0.3) is 11.0 Å². The van der Waals surface area contributed by atoms with Gasteiger partial charge in [0.1, 0.15) is 11.6 Å². The molecule has 0 radical (unpaired) electrons. The normalized spacial score (nSPS) is 19.6. The molecule has 5 nitrogen and oxygen atoms in total. The van der Waals surface area contributed by atoms with E-state index >= 15 is 0 Å². The van der Waals surface area contributed by atoms with E-state index in [1.54, 1.807) is 6.07 Å². The first-order valence-corrected chi connectivity index (χ1v) is 11.2. The van der Waals surface area contributed by atoms with Crippen LogP contribution in [-0.2, 0) is 6.54 Å². The number of imidazole rings is 1. The highest BCUT2D eigenvalue weighted by atomic mass is 19.1. The van der Waals surface area contributed by atoms with Crippen LogP contribution in [0.1, 0.15) is 47.4 Å². The van der Waals surface area contributed by atoms with Crippen LogP contribution in [-0.4, -0.2) is 57.5 Å². The van der Waals surface area contributed by atoms with Crippen molar-refractivity contribution >= 4 is 16.9 Å². The lowest BCUT2D eigenvalue weighted by Gasteiger charge is -2.35. The highest BCUT2D eigenvalue weighted by Gasteiger charge is 2.34. The van der Waals surface area contributed by atoms with E-state index in [9.17, 15) is 9.18 Å². The molecule has 1 unspecified atom stereocenters. The molecule has 6 heteroatoms. The molecule has 1 amide bonds. The molecule has 1 aliphatic heterocycles. The van der Waals surface area contributed by atoms with Crippen LogP contribution >= 0.6 is 0 Å². The van der Waals surface area contributed by atoms with Gasteiger partial charge in [0.25, 0.3) is 5.91 Å². The van der Waals surface area contributed by atoms with Crippen LogP contribution in [0.15, 0.2) is 42.5 Å². The number of carbonyl (C=O) groups excluding carboxylic acids is 1. The van der Waals surface area contributed by atoms with Crippen LogP contribution in [0, 0.1) is 12.7 Å². The minimum atomic E-state index is -0.264. The quantitative estimate of drug-likeness (QED) is 0.620. The third-order valence-corrected chi connectivity index (χ3v) is 7.10. The van der Waals surface area contributed by atoms with Crippen molar-refractivity contribution in [3.05, 3.63) is 65.2 Å². The molecule has 1 aliphatic carbocycles. The van der Waals surface area contributed by atoms with Gasteiger partial charge < -0.3 is 9.47 Å². The van der Waals surface area contributed by atoms with Gasteiger partial charge in [-0.15, -0.1) is 0 Å². The third-order valence-electron chi connectivity index (χ3n) is 7.10. The van der Waals surface area contributed by atoms with E-state index in [2.05, 4.69) is 9.88 Å². The zero-order valence-electron chi connectivity index (χ0n) is 18.2. The number of hydrogen-bond donors (Lipinski definition) is 0. The van der Waals surface area contributed by atoms with Crippen molar-refractivity contribution in [3.63, 3.8) is 0 Å². The van der Waals surface area contributed by atoms with Gasteiger partial charge in [0.15, 0.2) is 0 Å². The molecule has 2 aromatic carbocycles. The average Bonchev–Trinajstić information content (AvgIpc) is 3.31. The van der Waals surface area contributed by atoms with Crippen molar-refractivity contribution in [2.24, 2.45) is 0 Å². The van der Waals surface area contributed by atoms with Crippen LogP contribution in [0.4, 0.5) is 4.39 Å². The summed E-state index contributed by atoms with van der Waals surface area (Å²) >= 11 is 0. The topological polar surface area (TPSA) is 41.4 Å². The first kappa shape index (κ1) is 20.2. The Labute approximate surface area is 182 Å². The predicted molar refractivity (Wildman–Crippen MR) is 120 cm³/mol. The minimum Gasteiger partial charge on any atom is -0.337 e. The summed E-state index contributed by atoms with van der Waals surface area (Å²) in [4.78, 5) is 22.0. The Hall–Kier alpha value is -2.73. The van der Waals surface area contributed by atoms with Crippen LogP contribution in [0.2, 0.25) is 0 Å². The first-order valence-electron chi connectivity index (χ1n) is 11.2. The lowest BCUT2D eigenvalue weighted by molar-refractivity contribution is 0.0720. The number of likely N-dealkylation sites (N-methyl/N-ethyl adjacent to an activating group) is 1. The van der Waals surface area contributed by atoms with Crippen molar-refractivity contribution in [1.29, 1.82) is 0 Å². The van der Waals surface area contributed by atoms with Gasteiger partial charge in [0.2, 0.25) is 0 Å². The van der Waals surface area contributed by atoms with Crippen LogP contribution < -0.4 is 0 Å². The predicted octanol–water partition coefficient (Wildman–Crippen LogP) is 4.23. The Balaban J connectivity index is 1.27. The van der Waals surface area contributed by atoms with Gasteiger partial charge in [-0.3, -0.25) is 9.69 Å². The third kappa shape index (κ3) is 3.85. The minimum absolute atomic E-state index is 0.0818. The van der Waals surface area contributed by atoms with Crippen molar-refractivity contribution in [1.82, 2.24) is 19.4 Å². The summed E-state index contributed by atoms with van der Waals surface area (Å²) in [5.41, 5.74) is 3.35. The van der Waals surface area contributed by atoms with Gasteiger partial charge in [-0.05, 0) is 62.1 Å². The Kier molecular flexibility index (Phi) is 5.26. The van der Waals surface area contributed by atoms with Crippen molar-refractivity contribution in [2.45, 2.75) is 51.2 Å². The highest BCUT2D eigenvalue weighted by molar-refractivity contribution is 5.94. The number of hydrogen-bond acceptors (Lipinski definition) is 3. The summed E-state index contributed by atoms with van der Waals surface area (Å²) in [6.07, 6.45) is 5.02. The van der Waals surface area contributed by atoms with Gasteiger partial charge >= 0.3 is 0 Å². The summed E-state index contributed by atoms with van der Waals surface area (Å²) in [5, 5.41) is 0. The summed E-state index contributed by atoms with van der Waals surface area (Å²) in [6, 6.07) is 13.5. The number of fused-ring (bicyclic) bond motifs is 1. The maximum absolute atomic E-state index is 13.7. The molecule has 1 saturated carbocycles. The molecule has 1 saturated heterocycles. The van der Waals surface area contributed by atoms with Gasteiger partial charge in [-0.25, -0.2) is 9.37 Å². The van der Waals surface area contributed by atoms with Gasteiger partial charge in [-0.2, -0.15) is 0 Å². The molecule has 0 spiro atoms. The standard InChI is InChI=1S/C25H29FN4O/c1-17-27-23-11-10-20(26)14-24(23)30(17)15-18-6-8-19(9-7-18)25(31)28(2)22-12-13-29(16-22)21-4-3-5-21/h6-11,14,21-22H,3-5,12-13,15-16H2,1-2H3. The molecule has 0 N–H and O–H groups in total. The second-order valence-corrected chi connectivity index (χ2v) is 9.01. The largest absolute Gasteiger partial charge is 0.337 e. The van der Waals surface area contributed by atoms with E-state index in [-0.39, 0.29) is 11.7 Å². The number of rotatable bonds is 5. The number of benzene rings is 2. The van der Waals surface area contributed by atoms with E-state index < -0.39 is 0 Å². The van der Waals surface area contributed by atoms with Crippen molar-refractivity contribution in [3.8, 4) is 0 Å². The number of likely N-dealkylation sites (tertiary alicyclic amines) is 1. The number of amides is 1.